The van der Waals surface area contributed by atoms with E-state index in [9.17, 15) is 4.79 Å². The minimum atomic E-state index is 0.311. The highest BCUT2D eigenvalue weighted by Crippen LogP contribution is 2.46. The maximum absolute atomic E-state index is 10.8. The highest BCUT2D eigenvalue weighted by Gasteiger charge is 2.40. The molecule has 0 aromatic rings. The molecule has 0 radical (unpaired) electrons. The first kappa shape index (κ1) is 6.79. The lowest BCUT2D eigenvalue weighted by molar-refractivity contribution is -0.129. The Balaban J connectivity index is 2.55. The Labute approximate surface area is 56.4 Å². The summed E-state index contributed by atoms with van der Waals surface area (Å²) in [7, 11) is 0. The Morgan fingerprint density at radius 1 is 1.56 bits per heavy atom. The summed E-state index contributed by atoms with van der Waals surface area (Å²) in [6, 6.07) is 0. The number of carbonyl (C=O) groups excluding carboxylic acids is 1. The molecule has 1 fully saturated rings. The van der Waals surface area contributed by atoms with Gasteiger partial charge in [-0.1, -0.05) is 13.8 Å². The van der Waals surface area contributed by atoms with Crippen molar-refractivity contribution in [3.8, 4) is 0 Å². The van der Waals surface area contributed by atoms with Crippen LogP contribution in [-0.2, 0) is 4.79 Å². The minimum absolute atomic E-state index is 0.311. The maximum atomic E-state index is 10.8. The zero-order chi connectivity index (χ0) is 7.07. The molecule has 0 spiro atoms. The van der Waals surface area contributed by atoms with Crippen LogP contribution in [0.3, 0.4) is 0 Å². The van der Waals surface area contributed by atoms with Crippen molar-refractivity contribution >= 4 is 5.78 Å². The van der Waals surface area contributed by atoms with Gasteiger partial charge < -0.3 is 0 Å². The molecule has 52 valence electrons. The molecule has 1 saturated carbocycles. The third kappa shape index (κ3) is 1.00. The van der Waals surface area contributed by atoms with Gasteiger partial charge in [-0.2, -0.15) is 0 Å². The summed E-state index contributed by atoms with van der Waals surface area (Å²) in [5.41, 5.74) is 0.311. The fourth-order valence-corrected chi connectivity index (χ4v) is 1.62. The molecule has 1 atom stereocenters. The Kier molecular flexibility index (Phi) is 1.38. The zero-order valence-electron chi connectivity index (χ0n) is 6.40. The van der Waals surface area contributed by atoms with Gasteiger partial charge in [0.25, 0.3) is 0 Å². The van der Waals surface area contributed by atoms with E-state index in [-0.39, 0.29) is 0 Å². The number of hydrogen-bond donors (Lipinski definition) is 0. The first-order chi connectivity index (χ1) is 4.04. The molecule has 0 heterocycles. The molecule has 1 aliphatic carbocycles. The Morgan fingerprint density at radius 2 is 2.11 bits per heavy atom. The van der Waals surface area contributed by atoms with E-state index in [2.05, 4.69) is 13.8 Å². The van der Waals surface area contributed by atoms with Gasteiger partial charge in [0.05, 0.1) is 0 Å². The van der Waals surface area contributed by atoms with Crippen LogP contribution in [0.15, 0.2) is 0 Å². The van der Waals surface area contributed by atoms with E-state index in [0.717, 1.165) is 6.42 Å². The number of carbonyl (C=O) groups is 1. The quantitative estimate of drug-likeness (QED) is 0.525. The first-order valence-corrected chi connectivity index (χ1v) is 3.54. The standard InChI is InChI=1S/C8H14O/c1-6(9)7-4-5-8(7,2)3/h7H,4-5H2,1-3H3/t7-/m0/s1. The van der Waals surface area contributed by atoms with Crippen molar-refractivity contribution < 1.29 is 4.79 Å². The lowest BCUT2D eigenvalue weighted by Gasteiger charge is -2.42. The van der Waals surface area contributed by atoms with Gasteiger partial charge in [-0.15, -0.1) is 0 Å². The smallest absolute Gasteiger partial charge is 0.133 e. The van der Waals surface area contributed by atoms with Crippen molar-refractivity contribution in [2.24, 2.45) is 11.3 Å². The maximum Gasteiger partial charge on any atom is 0.133 e. The molecular formula is C8H14O. The van der Waals surface area contributed by atoms with Crippen molar-refractivity contribution in [3.63, 3.8) is 0 Å². The van der Waals surface area contributed by atoms with Crippen LogP contribution < -0.4 is 0 Å². The van der Waals surface area contributed by atoms with Crippen LogP contribution in [0.4, 0.5) is 0 Å². The molecule has 1 nitrogen and oxygen atoms in total. The third-order valence-corrected chi connectivity index (χ3v) is 2.51. The number of hydrogen-bond acceptors (Lipinski definition) is 1. The van der Waals surface area contributed by atoms with E-state index >= 15 is 0 Å². The van der Waals surface area contributed by atoms with Gasteiger partial charge in [0, 0.05) is 5.92 Å². The summed E-state index contributed by atoms with van der Waals surface area (Å²) in [6.07, 6.45) is 2.33. The van der Waals surface area contributed by atoms with E-state index in [1.165, 1.54) is 6.42 Å². The molecule has 1 aliphatic rings. The van der Waals surface area contributed by atoms with Crippen molar-refractivity contribution in [3.05, 3.63) is 0 Å². The summed E-state index contributed by atoms with van der Waals surface area (Å²) < 4.78 is 0. The van der Waals surface area contributed by atoms with Crippen molar-refractivity contribution in [1.29, 1.82) is 0 Å². The molecule has 0 unspecified atom stereocenters. The molecule has 1 rings (SSSR count). The molecule has 0 amide bonds. The van der Waals surface area contributed by atoms with Crippen LogP contribution in [0.25, 0.3) is 0 Å². The van der Waals surface area contributed by atoms with Gasteiger partial charge >= 0.3 is 0 Å². The van der Waals surface area contributed by atoms with Gasteiger partial charge in [-0.25, -0.2) is 0 Å². The van der Waals surface area contributed by atoms with Gasteiger partial charge in [0.15, 0.2) is 0 Å². The topological polar surface area (TPSA) is 17.1 Å². The Bertz CT molecular complexity index is 136. The van der Waals surface area contributed by atoms with Crippen LogP contribution in [0.1, 0.15) is 33.6 Å². The van der Waals surface area contributed by atoms with Gasteiger partial charge in [0.2, 0.25) is 0 Å². The fraction of sp³-hybridized carbons (Fsp3) is 0.875. The fourth-order valence-electron chi connectivity index (χ4n) is 1.62. The van der Waals surface area contributed by atoms with E-state index in [1.54, 1.807) is 6.92 Å². The molecule has 0 saturated heterocycles. The normalized spacial score (nSPS) is 31.2. The predicted octanol–water partition coefficient (Wildman–Crippen LogP) is 2.01. The lowest BCUT2D eigenvalue weighted by Crippen LogP contribution is -2.38. The molecule has 0 aliphatic heterocycles. The summed E-state index contributed by atoms with van der Waals surface area (Å²) in [5, 5.41) is 0. The van der Waals surface area contributed by atoms with Gasteiger partial charge in [-0.05, 0) is 25.2 Å². The molecule has 0 aromatic heterocycles. The average Bonchev–Trinajstić information content (AvgIpc) is 1.62. The second kappa shape index (κ2) is 1.83. The minimum Gasteiger partial charge on any atom is -0.300 e. The number of rotatable bonds is 1. The average molecular weight is 126 g/mol. The van der Waals surface area contributed by atoms with Crippen LogP contribution in [0.5, 0.6) is 0 Å². The highest BCUT2D eigenvalue weighted by atomic mass is 16.1. The largest absolute Gasteiger partial charge is 0.300 e. The lowest BCUT2D eigenvalue weighted by atomic mass is 9.61. The van der Waals surface area contributed by atoms with Crippen molar-refractivity contribution in [1.82, 2.24) is 0 Å². The SMILES string of the molecule is CC(=O)[C@@H]1CCC1(C)C. The van der Waals surface area contributed by atoms with E-state index < -0.39 is 0 Å². The summed E-state index contributed by atoms with van der Waals surface area (Å²) in [4.78, 5) is 10.8. The molecule has 0 bridgehead atoms. The molecule has 9 heavy (non-hydrogen) atoms. The van der Waals surface area contributed by atoms with Gasteiger partial charge in [0.1, 0.15) is 5.78 Å². The van der Waals surface area contributed by atoms with Crippen molar-refractivity contribution in [2.75, 3.05) is 0 Å². The summed E-state index contributed by atoms with van der Waals surface area (Å²) >= 11 is 0. The zero-order valence-corrected chi connectivity index (χ0v) is 6.40. The Morgan fingerprint density at radius 3 is 2.11 bits per heavy atom. The first-order valence-electron chi connectivity index (χ1n) is 3.54. The van der Waals surface area contributed by atoms with E-state index in [4.69, 9.17) is 0 Å². The molecular weight excluding hydrogens is 112 g/mol. The molecule has 0 N–H and O–H groups in total. The third-order valence-electron chi connectivity index (χ3n) is 2.51. The second-order valence-electron chi connectivity index (χ2n) is 3.69. The van der Waals surface area contributed by atoms with Gasteiger partial charge in [-0.3, -0.25) is 4.79 Å². The number of ketones is 1. The Hall–Kier alpha value is -0.330. The molecule has 1 heteroatoms. The van der Waals surface area contributed by atoms with Crippen LogP contribution in [-0.4, -0.2) is 5.78 Å². The number of Topliss-reactive ketones (excluding diaryl/α,β-unsaturated/α-hetero) is 1. The monoisotopic (exact) mass is 126 g/mol. The van der Waals surface area contributed by atoms with E-state index in [1.807, 2.05) is 0 Å². The van der Waals surface area contributed by atoms with Crippen LogP contribution in [0, 0.1) is 11.3 Å². The molecule has 0 aromatic carbocycles. The van der Waals surface area contributed by atoms with Crippen LogP contribution >= 0.6 is 0 Å². The van der Waals surface area contributed by atoms with Crippen LogP contribution in [0.2, 0.25) is 0 Å². The second-order valence-corrected chi connectivity index (χ2v) is 3.69. The van der Waals surface area contributed by atoms with E-state index in [0.29, 0.717) is 17.1 Å². The predicted molar refractivity (Wildman–Crippen MR) is 37.2 cm³/mol. The summed E-state index contributed by atoms with van der Waals surface area (Å²) in [5.74, 6) is 0.726. The van der Waals surface area contributed by atoms with Crippen molar-refractivity contribution in [2.45, 2.75) is 33.6 Å². The highest BCUT2D eigenvalue weighted by molar-refractivity contribution is 5.80. The summed E-state index contributed by atoms with van der Waals surface area (Å²) in [6.45, 7) is 6.04.